The van der Waals surface area contributed by atoms with E-state index in [0.717, 1.165) is 29.5 Å². The summed E-state index contributed by atoms with van der Waals surface area (Å²) in [6.45, 7) is 3.80. The van der Waals surface area contributed by atoms with Gasteiger partial charge in [-0.05, 0) is 24.1 Å². The van der Waals surface area contributed by atoms with E-state index in [2.05, 4.69) is 4.98 Å². The molecular formula is C13H11F4NS. The minimum Gasteiger partial charge on any atom is -0.241 e. The predicted octanol–water partition coefficient (Wildman–Crippen LogP) is 5.09. The molecule has 1 aromatic heterocycles. The summed E-state index contributed by atoms with van der Waals surface area (Å²) in [5.41, 5.74) is -0.361. The Morgan fingerprint density at radius 2 is 1.89 bits per heavy atom. The summed E-state index contributed by atoms with van der Waals surface area (Å²) >= 11 is 1.09. The van der Waals surface area contributed by atoms with Crippen molar-refractivity contribution in [3.63, 3.8) is 0 Å². The number of nitrogens with zero attached hydrogens (tertiary/aromatic N) is 1. The number of aromatic nitrogens is 1. The highest BCUT2D eigenvalue weighted by Gasteiger charge is 2.34. The second-order valence-corrected chi connectivity index (χ2v) is 5.28. The number of rotatable bonds is 2. The highest BCUT2D eigenvalue weighted by atomic mass is 32.1. The van der Waals surface area contributed by atoms with Gasteiger partial charge >= 0.3 is 6.18 Å². The van der Waals surface area contributed by atoms with Gasteiger partial charge in [-0.1, -0.05) is 13.8 Å². The zero-order valence-corrected chi connectivity index (χ0v) is 11.1. The first-order valence-corrected chi connectivity index (χ1v) is 6.49. The number of benzene rings is 1. The van der Waals surface area contributed by atoms with E-state index >= 15 is 0 Å². The average Bonchev–Trinajstić information content (AvgIpc) is 2.76. The molecule has 0 atom stereocenters. The Kier molecular flexibility index (Phi) is 3.62. The number of hydrogen-bond acceptors (Lipinski definition) is 2. The van der Waals surface area contributed by atoms with E-state index in [1.165, 1.54) is 0 Å². The van der Waals surface area contributed by atoms with Crippen LogP contribution in [0, 0.1) is 5.82 Å². The van der Waals surface area contributed by atoms with Crippen LogP contribution in [0.1, 0.15) is 31.0 Å². The summed E-state index contributed by atoms with van der Waals surface area (Å²) in [5, 5.41) is 1.89. The van der Waals surface area contributed by atoms with Crippen molar-refractivity contribution in [3.05, 3.63) is 40.7 Å². The van der Waals surface area contributed by atoms with Crippen molar-refractivity contribution in [1.82, 2.24) is 4.98 Å². The lowest BCUT2D eigenvalue weighted by molar-refractivity contribution is -0.137. The van der Waals surface area contributed by atoms with Gasteiger partial charge in [0.25, 0.3) is 0 Å². The minimum atomic E-state index is -4.52. The number of hydrogen-bond donors (Lipinski definition) is 0. The molecule has 0 bridgehead atoms. The summed E-state index contributed by atoms with van der Waals surface area (Å²) in [6.07, 6.45) is -4.52. The van der Waals surface area contributed by atoms with Crippen LogP contribution in [0.4, 0.5) is 17.6 Å². The lowest BCUT2D eigenvalue weighted by atomic mass is 10.1. The molecule has 0 saturated carbocycles. The van der Waals surface area contributed by atoms with Gasteiger partial charge in [0.1, 0.15) is 10.8 Å². The standard InChI is InChI=1S/C13H11F4NS/c1-7(2)11-6-19-12(18-11)9-5-8(14)3-4-10(9)13(15,16)17/h3-7H,1-2H3. The molecule has 1 aromatic carbocycles. The van der Waals surface area contributed by atoms with Crippen molar-refractivity contribution in [2.45, 2.75) is 25.9 Å². The fourth-order valence-corrected chi connectivity index (χ4v) is 2.63. The van der Waals surface area contributed by atoms with Gasteiger partial charge in [0, 0.05) is 10.9 Å². The molecule has 1 heterocycles. The smallest absolute Gasteiger partial charge is 0.241 e. The van der Waals surface area contributed by atoms with Gasteiger partial charge in [0.05, 0.1) is 11.3 Å². The third kappa shape index (κ3) is 2.94. The van der Waals surface area contributed by atoms with Gasteiger partial charge < -0.3 is 0 Å². The molecule has 0 amide bonds. The van der Waals surface area contributed by atoms with Crippen LogP contribution in [0.15, 0.2) is 23.6 Å². The summed E-state index contributed by atoms with van der Waals surface area (Å²) < 4.78 is 51.9. The summed E-state index contributed by atoms with van der Waals surface area (Å²) in [7, 11) is 0. The highest BCUT2D eigenvalue weighted by molar-refractivity contribution is 7.13. The van der Waals surface area contributed by atoms with Crippen LogP contribution in [0.3, 0.4) is 0 Å². The first-order valence-electron chi connectivity index (χ1n) is 5.61. The molecule has 1 nitrogen and oxygen atoms in total. The maximum atomic E-state index is 13.2. The predicted molar refractivity (Wildman–Crippen MR) is 66.6 cm³/mol. The molecule has 0 saturated heterocycles. The van der Waals surface area contributed by atoms with Crippen molar-refractivity contribution >= 4 is 11.3 Å². The maximum absolute atomic E-state index is 13.2. The SMILES string of the molecule is CC(C)c1csc(-c2cc(F)ccc2C(F)(F)F)n1. The van der Waals surface area contributed by atoms with Gasteiger partial charge in [-0.2, -0.15) is 13.2 Å². The monoisotopic (exact) mass is 289 g/mol. The Bertz CT molecular complexity index is 587. The van der Waals surface area contributed by atoms with Crippen molar-refractivity contribution in [2.75, 3.05) is 0 Å². The lowest BCUT2D eigenvalue weighted by Crippen LogP contribution is -2.07. The Labute approximate surface area is 111 Å². The van der Waals surface area contributed by atoms with Gasteiger partial charge in [0.2, 0.25) is 0 Å². The fourth-order valence-electron chi connectivity index (χ4n) is 1.62. The molecule has 0 fully saturated rings. The van der Waals surface area contributed by atoms with Crippen molar-refractivity contribution in [3.8, 4) is 10.6 Å². The molecule has 2 aromatic rings. The zero-order chi connectivity index (χ0) is 14.2. The summed E-state index contributed by atoms with van der Waals surface area (Å²) in [4.78, 5) is 4.15. The molecule has 0 aliphatic carbocycles. The van der Waals surface area contributed by atoms with Gasteiger partial charge in [-0.15, -0.1) is 11.3 Å². The molecule has 102 valence electrons. The molecule has 19 heavy (non-hydrogen) atoms. The van der Waals surface area contributed by atoms with Crippen LogP contribution in [0.5, 0.6) is 0 Å². The van der Waals surface area contributed by atoms with Crippen LogP contribution in [-0.4, -0.2) is 4.98 Å². The van der Waals surface area contributed by atoms with Crippen molar-refractivity contribution < 1.29 is 17.6 Å². The molecular weight excluding hydrogens is 278 g/mol. The molecule has 2 rings (SSSR count). The Balaban J connectivity index is 2.56. The van der Waals surface area contributed by atoms with E-state index in [1.54, 1.807) is 5.38 Å². The van der Waals surface area contributed by atoms with Crippen LogP contribution >= 0.6 is 11.3 Å². The Morgan fingerprint density at radius 1 is 1.21 bits per heavy atom. The molecule has 0 spiro atoms. The van der Waals surface area contributed by atoms with E-state index in [-0.39, 0.29) is 16.5 Å². The molecule has 0 N–H and O–H groups in total. The van der Waals surface area contributed by atoms with Gasteiger partial charge in [-0.25, -0.2) is 9.37 Å². The van der Waals surface area contributed by atoms with Gasteiger partial charge in [0.15, 0.2) is 0 Å². The van der Waals surface area contributed by atoms with E-state index in [1.807, 2.05) is 13.8 Å². The van der Waals surface area contributed by atoms with Crippen LogP contribution in [0.25, 0.3) is 10.6 Å². The fraction of sp³-hybridized carbons (Fsp3) is 0.308. The Hall–Kier alpha value is -1.43. The maximum Gasteiger partial charge on any atom is 0.417 e. The highest BCUT2D eigenvalue weighted by Crippen LogP contribution is 2.38. The van der Waals surface area contributed by atoms with E-state index in [9.17, 15) is 17.6 Å². The third-order valence-electron chi connectivity index (χ3n) is 2.63. The summed E-state index contributed by atoms with van der Waals surface area (Å²) in [6, 6.07) is 2.44. The molecule has 0 unspecified atom stereocenters. The van der Waals surface area contributed by atoms with E-state index in [4.69, 9.17) is 0 Å². The molecule has 0 aliphatic rings. The number of alkyl halides is 3. The molecule has 0 radical (unpaired) electrons. The van der Waals surface area contributed by atoms with E-state index in [0.29, 0.717) is 5.69 Å². The summed E-state index contributed by atoms with van der Waals surface area (Å²) in [5.74, 6) is -0.586. The van der Waals surface area contributed by atoms with Crippen molar-refractivity contribution in [1.29, 1.82) is 0 Å². The zero-order valence-electron chi connectivity index (χ0n) is 10.3. The second kappa shape index (κ2) is 4.92. The van der Waals surface area contributed by atoms with Crippen LogP contribution < -0.4 is 0 Å². The second-order valence-electron chi connectivity index (χ2n) is 4.42. The number of halogens is 4. The molecule has 0 aliphatic heterocycles. The largest absolute Gasteiger partial charge is 0.417 e. The first-order chi connectivity index (χ1) is 8.79. The lowest BCUT2D eigenvalue weighted by Gasteiger charge is -2.11. The van der Waals surface area contributed by atoms with Crippen LogP contribution in [0.2, 0.25) is 0 Å². The van der Waals surface area contributed by atoms with Crippen LogP contribution in [-0.2, 0) is 6.18 Å². The minimum absolute atomic E-state index is 0.118. The third-order valence-corrected chi connectivity index (χ3v) is 3.52. The van der Waals surface area contributed by atoms with E-state index < -0.39 is 17.6 Å². The molecule has 6 heteroatoms. The average molecular weight is 289 g/mol. The Morgan fingerprint density at radius 3 is 2.42 bits per heavy atom. The topological polar surface area (TPSA) is 12.9 Å². The van der Waals surface area contributed by atoms with Gasteiger partial charge in [-0.3, -0.25) is 0 Å². The quantitative estimate of drug-likeness (QED) is 0.702. The first kappa shape index (κ1) is 14.0. The number of thiazole rings is 1. The van der Waals surface area contributed by atoms with Crippen molar-refractivity contribution in [2.24, 2.45) is 0 Å². The normalized spacial score (nSPS) is 12.2.